The third kappa shape index (κ3) is 4.09. The van der Waals surface area contributed by atoms with Crippen LogP contribution >= 0.6 is 0 Å². The normalized spacial score (nSPS) is 17.8. The van der Waals surface area contributed by atoms with E-state index < -0.39 is 7.12 Å². The van der Waals surface area contributed by atoms with Gasteiger partial charge in [-0.3, -0.25) is 9.78 Å². The van der Waals surface area contributed by atoms with Gasteiger partial charge >= 0.3 is 7.12 Å². The van der Waals surface area contributed by atoms with Gasteiger partial charge in [0.2, 0.25) is 0 Å². The number of carbonyl (C=O) groups excluding carboxylic acids is 1. The van der Waals surface area contributed by atoms with Crippen molar-refractivity contribution in [2.75, 3.05) is 0 Å². The van der Waals surface area contributed by atoms with Gasteiger partial charge in [0.25, 0.3) is 0 Å². The molecule has 0 saturated carbocycles. The van der Waals surface area contributed by atoms with E-state index in [1.807, 2.05) is 76.4 Å². The fourth-order valence-corrected chi connectivity index (χ4v) is 4.27. The molecule has 0 atom stereocenters. The Bertz CT molecular complexity index is 1200. The number of benzene rings is 2. The number of rotatable bonds is 5. The zero-order valence-corrected chi connectivity index (χ0v) is 19.6. The molecule has 2 aromatic carbocycles. The van der Waals surface area contributed by atoms with Gasteiger partial charge in [0.15, 0.2) is 5.78 Å². The molecule has 2 aliphatic heterocycles. The molecular formula is C27H28BNO4. The Morgan fingerprint density at radius 3 is 2.58 bits per heavy atom. The number of aryl methyl sites for hydroxylation is 1. The molecule has 0 radical (unpaired) electrons. The van der Waals surface area contributed by atoms with Crippen LogP contribution in [0.15, 0.2) is 60.9 Å². The summed E-state index contributed by atoms with van der Waals surface area (Å²) in [5, 5.41) is 0. The second kappa shape index (κ2) is 8.12. The molecule has 5 rings (SSSR count). The molecule has 3 heterocycles. The summed E-state index contributed by atoms with van der Waals surface area (Å²) >= 11 is 0. The van der Waals surface area contributed by atoms with Crippen molar-refractivity contribution in [3.8, 4) is 16.9 Å². The van der Waals surface area contributed by atoms with Crippen LogP contribution in [-0.2, 0) is 22.3 Å². The Morgan fingerprint density at radius 2 is 1.79 bits per heavy atom. The number of ketones is 1. The third-order valence-electron chi connectivity index (χ3n) is 7.00. The number of ether oxygens (including phenoxy) is 1. The average Bonchev–Trinajstić information content (AvgIpc) is 3.04. The summed E-state index contributed by atoms with van der Waals surface area (Å²) in [6, 6.07) is 15.9. The summed E-state index contributed by atoms with van der Waals surface area (Å²) in [6.07, 6.45) is 4.69. The maximum absolute atomic E-state index is 12.9. The smallest absolute Gasteiger partial charge is 0.488 e. The maximum atomic E-state index is 12.9. The van der Waals surface area contributed by atoms with Crippen LogP contribution in [0.5, 0.6) is 5.75 Å². The fraction of sp³-hybridized carbons (Fsp3) is 0.333. The Balaban J connectivity index is 1.28. The number of aromatic nitrogens is 1. The van der Waals surface area contributed by atoms with Crippen molar-refractivity contribution in [1.29, 1.82) is 0 Å². The lowest BCUT2D eigenvalue weighted by Crippen LogP contribution is -2.41. The largest absolute Gasteiger partial charge is 0.494 e. The Kier molecular flexibility index (Phi) is 5.38. The fourth-order valence-electron chi connectivity index (χ4n) is 4.27. The molecule has 33 heavy (non-hydrogen) atoms. The first-order chi connectivity index (χ1) is 15.7. The molecule has 0 N–H and O–H groups in total. The molecule has 1 fully saturated rings. The molecule has 0 aliphatic carbocycles. The Morgan fingerprint density at radius 1 is 1.00 bits per heavy atom. The molecular weight excluding hydrogens is 413 g/mol. The van der Waals surface area contributed by atoms with Crippen LogP contribution in [-0.4, -0.2) is 29.1 Å². The number of fused-ring (bicyclic) bond motifs is 3. The summed E-state index contributed by atoms with van der Waals surface area (Å²) in [5.41, 5.74) is 5.17. The molecule has 2 aliphatic rings. The van der Waals surface area contributed by atoms with Crippen molar-refractivity contribution in [1.82, 2.24) is 4.98 Å². The highest BCUT2D eigenvalue weighted by Crippen LogP contribution is 2.38. The summed E-state index contributed by atoms with van der Waals surface area (Å²) in [6.45, 7) is 8.67. The topological polar surface area (TPSA) is 57.7 Å². The lowest BCUT2D eigenvalue weighted by atomic mass is 9.78. The molecule has 0 unspecified atom stereocenters. The second-order valence-electron chi connectivity index (χ2n) is 9.79. The Labute approximate surface area is 195 Å². The SMILES string of the molecule is CC1(C)OB(c2cccc(CCC(=O)c3ccc4c(c3)OCc3cnccc3-4)c2)OC1(C)C. The molecule has 6 heteroatoms. The van der Waals surface area contributed by atoms with Crippen LogP contribution in [0.3, 0.4) is 0 Å². The minimum absolute atomic E-state index is 0.1000. The zero-order valence-electron chi connectivity index (χ0n) is 19.6. The van der Waals surface area contributed by atoms with E-state index in [9.17, 15) is 4.79 Å². The number of hydrogen-bond donors (Lipinski definition) is 0. The molecule has 1 aromatic heterocycles. The summed E-state index contributed by atoms with van der Waals surface area (Å²) in [5.74, 6) is 0.852. The zero-order chi connectivity index (χ0) is 23.2. The minimum Gasteiger partial charge on any atom is -0.488 e. The van der Waals surface area contributed by atoms with Gasteiger partial charge in [0, 0.05) is 35.5 Å². The van der Waals surface area contributed by atoms with Crippen LogP contribution in [0.2, 0.25) is 0 Å². The van der Waals surface area contributed by atoms with E-state index in [-0.39, 0.29) is 17.0 Å². The van der Waals surface area contributed by atoms with Gasteiger partial charge < -0.3 is 14.0 Å². The van der Waals surface area contributed by atoms with E-state index in [2.05, 4.69) is 11.1 Å². The highest BCUT2D eigenvalue weighted by atomic mass is 16.7. The standard InChI is InChI=1S/C27H28BNO4/c1-26(2)27(3,4)33-28(32-26)21-7-5-6-18(14-21)8-11-24(30)19-9-10-23-22-12-13-29-16-20(22)17-31-25(23)15-19/h5-7,9-10,12-16H,8,11,17H2,1-4H3. The summed E-state index contributed by atoms with van der Waals surface area (Å²) in [7, 11) is -0.401. The van der Waals surface area contributed by atoms with Gasteiger partial charge in [-0.2, -0.15) is 0 Å². The first-order valence-corrected chi connectivity index (χ1v) is 11.4. The van der Waals surface area contributed by atoms with Gasteiger partial charge in [-0.15, -0.1) is 0 Å². The van der Waals surface area contributed by atoms with Crippen molar-refractivity contribution in [2.24, 2.45) is 0 Å². The van der Waals surface area contributed by atoms with Gasteiger partial charge in [0.1, 0.15) is 12.4 Å². The van der Waals surface area contributed by atoms with Gasteiger partial charge in [-0.1, -0.05) is 30.3 Å². The highest BCUT2D eigenvalue weighted by Gasteiger charge is 2.51. The van der Waals surface area contributed by atoms with E-state index in [4.69, 9.17) is 14.0 Å². The lowest BCUT2D eigenvalue weighted by molar-refractivity contribution is 0.00578. The molecule has 0 spiro atoms. The van der Waals surface area contributed by atoms with Crippen LogP contribution in [0, 0.1) is 0 Å². The molecule has 3 aromatic rings. The van der Waals surface area contributed by atoms with E-state index in [1.165, 1.54) is 0 Å². The van der Waals surface area contributed by atoms with Crippen molar-refractivity contribution < 1.29 is 18.8 Å². The monoisotopic (exact) mass is 441 g/mol. The minimum atomic E-state index is -0.401. The number of nitrogens with zero attached hydrogens (tertiary/aromatic N) is 1. The number of Topliss-reactive ketones (excluding diaryl/α,β-unsaturated/α-hetero) is 1. The third-order valence-corrected chi connectivity index (χ3v) is 7.00. The van der Waals surface area contributed by atoms with Crippen molar-refractivity contribution in [3.05, 3.63) is 77.6 Å². The van der Waals surface area contributed by atoms with Crippen molar-refractivity contribution >= 4 is 18.4 Å². The predicted molar refractivity (Wildman–Crippen MR) is 129 cm³/mol. The first kappa shape index (κ1) is 21.9. The summed E-state index contributed by atoms with van der Waals surface area (Å²) in [4.78, 5) is 17.1. The van der Waals surface area contributed by atoms with Crippen LogP contribution < -0.4 is 10.2 Å². The lowest BCUT2D eigenvalue weighted by Gasteiger charge is -2.32. The van der Waals surface area contributed by atoms with Crippen molar-refractivity contribution in [2.45, 2.75) is 58.3 Å². The van der Waals surface area contributed by atoms with Gasteiger partial charge in [-0.05, 0) is 68.9 Å². The van der Waals surface area contributed by atoms with Crippen molar-refractivity contribution in [3.63, 3.8) is 0 Å². The van der Waals surface area contributed by atoms with Gasteiger partial charge in [-0.25, -0.2) is 0 Å². The molecule has 1 saturated heterocycles. The number of carbonyl (C=O) groups is 1. The van der Waals surface area contributed by atoms with E-state index >= 15 is 0 Å². The quantitative estimate of drug-likeness (QED) is 0.422. The summed E-state index contributed by atoms with van der Waals surface area (Å²) < 4.78 is 18.2. The Hall–Kier alpha value is -2.96. The average molecular weight is 441 g/mol. The predicted octanol–water partition coefficient (Wildman–Crippen LogP) is 4.76. The first-order valence-electron chi connectivity index (χ1n) is 11.4. The highest BCUT2D eigenvalue weighted by molar-refractivity contribution is 6.62. The van der Waals surface area contributed by atoms with Crippen LogP contribution in [0.1, 0.15) is 55.6 Å². The molecule has 5 nitrogen and oxygen atoms in total. The molecule has 0 bridgehead atoms. The van der Waals surface area contributed by atoms with Crippen LogP contribution in [0.25, 0.3) is 11.1 Å². The second-order valence-corrected chi connectivity index (χ2v) is 9.79. The number of hydrogen-bond acceptors (Lipinski definition) is 5. The van der Waals surface area contributed by atoms with Gasteiger partial charge in [0.05, 0.1) is 11.2 Å². The van der Waals surface area contributed by atoms with Crippen LogP contribution in [0.4, 0.5) is 0 Å². The number of pyridine rings is 1. The van der Waals surface area contributed by atoms with E-state index in [1.54, 1.807) is 6.20 Å². The van der Waals surface area contributed by atoms with E-state index in [0.29, 0.717) is 25.0 Å². The maximum Gasteiger partial charge on any atom is 0.494 e. The molecule has 168 valence electrons. The van der Waals surface area contributed by atoms with E-state index in [0.717, 1.165) is 33.5 Å². The molecule has 0 amide bonds.